The Morgan fingerprint density at radius 3 is 2.83 bits per heavy atom. The summed E-state index contributed by atoms with van der Waals surface area (Å²) in [5.41, 5.74) is -0.0731. The second-order valence-electron chi connectivity index (χ2n) is 2.02. The molecule has 0 bridgehead atoms. The van der Waals surface area contributed by atoms with Gasteiger partial charge < -0.3 is 4.79 Å². The molecule has 1 heterocycles. The van der Waals surface area contributed by atoms with E-state index >= 15 is 0 Å². The Labute approximate surface area is 75.9 Å². The van der Waals surface area contributed by atoms with Crippen LogP contribution in [0, 0.1) is 0 Å². The third-order valence-electron chi connectivity index (χ3n) is 1.18. The molecular weight excluding hydrogens is 174 g/mol. The SMILES string of the molecule is [B]C(=O)c1cc(C=C)nc(Cl)n1. The standard InChI is InChI=1S/C7H4BClN2O/c1-2-4-3-5(6(8)12)11-7(9)10-4/h2-3H,1H2. The van der Waals surface area contributed by atoms with Gasteiger partial charge in [-0.25, -0.2) is 9.97 Å². The Morgan fingerprint density at radius 1 is 1.67 bits per heavy atom. The molecule has 1 aromatic rings. The van der Waals surface area contributed by atoms with E-state index in [1.54, 1.807) is 0 Å². The summed E-state index contributed by atoms with van der Waals surface area (Å²) in [6.07, 6.45) is 1.46. The van der Waals surface area contributed by atoms with Gasteiger partial charge in [0, 0.05) is 0 Å². The van der Waals surface area contributed by atoms with E-state index < -0.39 is 5.68 Å². The lowest BCUT2D eigenvalue weighted by Crippen LogP contribution is -2.03. The predicted molar refractivity (Wildman–Crippen MR) is 47.2 cm³/mol. The number of aromatic nitrogens is 2. The van der Waals surface area contributed by atoms with Crippen LogP contribution in [-0.4, -0.2) is 23.5 Å². The molecule has 0 saturated heterocycles. The first-order valence-corrected chi connectivity index (χ1v) is 3.48. The fraction of sp³-hybridized carbons (Fsp3) is 0. The molecule has 5 heteroatoms. The summed E-state index contributed by atoms with van der Waals surface area (Å²) in [5.74, 6) is 0. The van der Waals surface area contributed by atoms with E-state index in [1.165, 1.54) is 12.1 Å². The average molecular weight is 178 g/mol. The lowest BCUT2D eigenvalue weighted by Gasteiger charge is -1.97. The largest absolute Gasteiger partial charge is 0.306 e. The highest BCUT2D eigenvalue weighted by molar-refractivity contribution is 6.62. The summed E-state index contributed by atoms with van der Waals surface area (Å²) in [7, 11) is 4.98. The van der Waals surface area contributed by atoms with E-state index in [2.05, 4.69) is 16.5 Å². The van der Waals surface area contributed by atoms with E-state index in [4.69, 9.17) is 19.4 Å². The molecule has 0 unspecified atom stereocenters. The van der Waals surface area contributed by atoms with Gasteiger partial charge in [0.15, 0.2) is 7.85 Å². The summed E-state index contributed by atoms with van der Waals surface area (Å²) in [6, 6.07) is 1.42. The van der Waals surface area contributed by atoms with Crippen LogP contribution in [0.3, 0.4) is 0 Å². The van der Waals surface area contributed by atoms with Crippen molar-refractivity contribution in [1.82, 2.24) is 9.97 Å². The number of nitrogens with zero attached hydrogens (tertiary/aromatic N) is 2. The van der Waals surface area contributed by atoms with Gasteiger partial charge in [-0.15, -0.1) is 0 Å². The Bertz CT molecular complexity index is 340. The van der Waals surface area contributed by atoms with E-state index in [9.17, 15) is 4.79 Å². The quantitative estimate of drug-likeness (QED) is 0.503. The van der Waals surface area contributed by atoms with Gasteiger partial charge in [-0.3, -0.25) is 0 Å². The maximum Gasteiger partial charge on any atom is 0.223 e. The summed E-state index contributed by atoms with van der Waals surface area (Å²) >= 11 is 5.50. The van der Waals surface area contributed by atoms with Crippen molar-refractivity contribution in [2.24, 2.45) is 0 Å². The summed E-state index contributed by atoms with van der Waals surface area (Å²) < 4.78 is 0. The second-order valence-corrected chi connectivity index (χ2v) is 2.35. The minimum Gasteiger partial charge on any atom is -0.306 e. The molecule has 12 heavy (non-hydrogen) atoms. The number of carbonyl (C=O) groups excluding carboxylic acids is 1. The van der Waals surface area contributed by atoms with Crippen molar-refractivity contribution >= 4 is 31.2 Å². The van der Waals surface area contributed by atoms with Crippen molar-refractivity contribution in [3.63, 3.8) is 0 Å². The number of carbonyl (C=O) groups is 1. The van der Waals surface area contributed by atoms with Gasteiger partial charge in [0.05, 0.1) is 11.4 Å². The third kappa shape index (κ3) is 1.92. The lowest BCUT2D eigenvalue weighted by atomic mass is 9.99. The van der Waals surface area contributed by atoms with E-state index in [-0.39, 0.29) is 11.0 Å². The van der Waals surface area contributed by atoms with Crippen LogP contribution in [0.5, 0.6) is 0 Å². The molecule has 1 aromatic heterocycles. The molecule has 1 rings (SSSR count). The second kappa shape index (κ2) is 3.49. The highest BCUT2D eigenvalue weighted by atomic mass is 35.5. The first-order chi connectivity index (χ1) is 5.63. The van der Waals surface area contributed by atoms with Crippen molar-refractivity contribution < 1.29 is 4.79 Å². The maximum atomic E-state index is 10.7. The summed E-state index contributed by atoms with van der Waals surface area (Å²) in [5, 5.41) is -0.0128. The predicted octanol–water partition coefficient (Wildman–Crippen LogP) is 1.08. The molecule has 0 atom stereocenters. The Balaban J connectivity index is 3.23. The van der Waals surface area contributed by atoms with Crippen LogP contribution in [0.1, 0.15) is 16.2 Å². The van der Waals surface area contributed by atoms with Crippen molar-refractivity contribution in [3.8, 4) is 0 Å². The van der Waals surface area contributed by atoms with Crippen LogP contribution in [0.15, 0.2) is 12.6 Å². The molecule has 0 fully saturated rings. The number of hydrogen-bond donors (Lipinski definition) is 0. The lowest BCUT2D eigenvalue weighted by molar-refractivity contribution is 0.107. The van der Waals surface area contributed by atoms with Crippen molar-refractivity contribution in [2.75, 3.05) is 0 Å². The van der Waals surface area contributed by atoms with Gasteiger partial charge in [-0.05, 0) is 23.7 Å². The highest BCUT2D eigenvalue weighted by Crippen LogP contribution is 2.06. The molecule has 0 N–H and O–H groups in total. The molecule has 0 spiro atoms. The van der Waals surface area contributed by atoms with Crippen LogP contribution in [0.4, 0.5) is 0 Å². The van der Waals surface area contributed by atoms with Gasteiger partial charge >= 0.3 is 0 Å². The van der Waals surface area contributed by atoms with Crippen LogP contribution in [-0.2, 0) is 0 Å². The van der Waals surface area contributed by atoms with Crippen LogP contribution >= 0.6 is 11.6 Å². The molecule has 3 nitrogen and oxygen atoms in total. The zero-order valence-electron chi connectivity index (χ0n) is 6.12. The Hall–Kier alpha value is -1.16. The van der Waals surface area contributed by atoms with Gasteiger partial charge in [0.25, 0.3) is 0 Å². The Morgan fingerprint density at radius 2 is 2.33 bits per heavy atom. The zero-order chi connectivity index (χ0) is 9.14. The van der Waals surface area contributed by atoms with E-state index in [0.29, 0.717) is 5.69 Å². The first kappa shape index (κ1) is 8.94. The average Bonchev–Trinajstić information content (AvgIpc) is 2.03. The maximum absolute atomic E-state index is 10.7. The van der Waals surface area contributed by atoms with Crippen LogP contribution in [0.25, 0.3) is 6.08 Å². The van der Waals surface area contributed by atoms with Crippen LogP contribution < -0.4 is 0 Å². The van der Waals surface area contributed by atoms with Crippen molar-refractivity contribution in [2.45, 2.75) is 0 Å². The molecule has 0 aliphatic rings. The molecule has 0 aliphatic heterocycles. The Kier molecular flexibility index (Phi) is 2.60. The van der Waals surface area contributed by atoms with Gasteiger partial charge in [-0.2, -0.15) is 0 Å². The smallest absolute Gasteiger partial charge is 0.223 e. The zero-order valence-corrected chi connectivity index (χ0v) is 6.88. The first-order valence-electron chi connectivity index (χ1n) is 3.10. The minimum absolute atomic E-state index is 0.0128. The molecule has 0 aromatic carbocycles. The highest BCUT2D eigenvalue weighted by Gasteiger charge is 2.03. The molecular formula is C7H4BClN2O. The third-order valence-corrected chi connectivity index (χ3v) is 1.35. The fourth-order valence-electron chi connectivity index (χ4n) is 0.666. The number of halogens is 1. The van der Waals surface area contributed by atoms with E-state index in [1.807, 2.05) is 0 Å². The van der Waals surface area contributed by atoms with Crippen LogP contribution in [0.2, 0.25) is 5.28 Å². The van der Waals surface area contributed by atoms with E-state index in [0.717, 1.165) is 0 Å². The van der Waals surface area contributed by atoms with Gasteiger partial charge in [0.1, 0.15) is 5.68 Å². The molecule has 0 saturated carbocycles. The van der Waals surface area contributed by atoms with Gasteiger partial charge in [0.2, 0.25) is 5.28 Å². The normalized spacial score (nSPS) is 9.42. The fourth-order valence-corrected chi connectivity index (χ4v) is 0.855. The topological polar surface area (TPSA) is 42.9 Å². The monoisotopic (exact) mass is 178 g/mol. The number of hydrogen-bond acceptors (Lipinski definition) is 3. The molecule has 0 aliphatic carbocycles. The minimum atomic E-state index is -0.637. The van der Waals surface area contributed by atoms with Crippen molar-refractivity contribution in [1.29, 1.82) is 0 Å². The molecule has 2 radical (unpaired) electrons. The summed E-state index contributed by atoms with van der Waals surface area (Å²) in [4.78, 5) is 18.0. The van der Waals surface area contributed by atoms with Gasteiger partial charge in [-0.1, -0.05) is 6.58 Å². The summed E-state index contributed by atoms with van der Waals surface area (Å²) in [6.45, 7) is 3.47. The van der Waals surface area contributed by atoms with Crippen molar-refractivity contribution in [3.05, 3.63) is 29.3 Å². The number of rotatable bonds is 2. The molecule has 0 amide bonds. The molecule has 58 valence electrons.